The van der Waals surface area contributed by atoms with Crippen molar-refractivity contribution in [3.05, 3.63) is 41.0 Å². The van der Waals surface area contributed by atoms with Crippen LogP contribution in [-0.2, 0) is 19.9 Å². The minimum Gasteiger partial charge on any atom is -0.466 e. The molecule has 33 heavy (non-hydrogen) atoms. The summed E-state index contributed by atoms with van der Waals surface area (Å²) in [6, 6.07) is 9.09. The third kappa shape index (κ3) is 4.76. The Morgan fingerprint density at radius 1 is 1.18 bits per heavy atom. The number of amides is 2. The van der Waals surface area contributed by atoms with E-state index in [1.54, 1.807) is 39.6 Å². The van der Waals surface area contributed by atoms with Crippen molar-refractivity contribution in [1.82, 2.24) is 19.6 Å². The summed E-state index contributed by atoms with van der Waals surface area (Å²) in [4.78, 5) is 41.5. The van der Waals surface area contributed by atoms with Gasteiger partial charge in [0.05, 0.1) is 23.8 Å². The maximum absolute atomic E-state index is 13.2. The molecule has 2 aliphatic heterocycles. The van der Waals surface area contributed by atoms with E-state index >= 15 is 0 Å². The SMILES string of the molecule is CCOC(=O)C1CCN(C(=O)CN2CC(C)(C)n3nc(-c4ccc(Cl)cc4)cc3C2=O)CC1. The average Bonchev–Trinajstić information content (AvgIpc) is 3.25. The number of ether oxygens (including phenoxy) is 1. The molecular weight excluding hydrogens is 444 g/mol. The fraction of sp³-hybridized carbons (Fsp3) is 0.500. The Bertz CT molecular complexity index is 1050. The van der Waals surface area contributed by atoms with Gasteiger partial charge in [0.2, 0.25) is 5.91 Å². The summed E-state index contributed by atoms with van der Waals surface area (Å²) >= 11 is 5.99. The highest BCUT2D eigenvalue weighted by molar-refractivity contribution is 6.30. The van der Waals surface area contributed by atoms with Gasteiger partial charge in [-0.2, -0.15) is 5.10 Å². The summed E-state index contributed by atoms with van der Waals surface area (Å²) in [6.07, 6.45) is 1.17. The lowest BCUT2D eigenvalue weighted by molar-refractivity contribution is -0.151. The van der Waals surface area contributed by atoms with Crippen LogP contribution in [0, 0.1) is 5.92 Å². The van der Waals surface area contributed by atoms with Crippen LogP contribution in [0.15, 0.2) is 30.3 Å². The van der Waals surface area contributed by atoms with Gasteiger partial charge < -0.3 is 14.5 Å². The first-order chi connectivity index (χ1) is 15.7. The van der Waals surface area contributed by atoms with Crippen LogP contribution in [0.2, 0.25) is 5.02 Å². The summed E-state index contributed by atoms with van der Waals surface area (Å²) in [5.74, 6) is -0.670. The molecule has 4 rings (SSSR count). The molecule has 9 heteroatoms. The second kappa shape index (κ2) is 9.17. The molecule has 1 fully saturated rings. The van der Waals surface area contributed by atoms with Crippen LogP contribution in [-0.4, -0.2) is 70.1 Å². The van der Waals surface area contributed by atoms with Gasteiger partial charge in [0.15, 0.2) is 0 Å². The van der Waals surface area contributed by atoms with Crippen molar-refractivity contribution in [3.8, 4) is 11.3 Å². The molecule has 0 radical (unpaired) electrons. The first kappa shape index (κ1) is 23.3. The van der Waals surface area contributed by atoms with Crippen LogP contribution in [0.3, 0.4) is 0 Å². The van der Waals surface area contributed by atoms with Gasteiger partial charge >= 0.3 is 5.97 Å². The van der Waals surface area contributed by atoms with E-state index in [1.165, 1.54) is 0 Å². The Morgan fingerprint density at radius 2 is 1.85 bits per heavy atom. The number of carbonyl (C=O) groups excluding carboxylic acids is 3. The first-order valence-electron chi connectivity index (χ1n) is 11.3. The molecule has 3 heterocycles. The van der Waals surface area contributed by atoms with E-state index in [9.17, 15) is 14.4 Å². The van der Waals surface area contributed by atoms with Gasteiger partial charge in [0, 0.05) is 30.2 Å². The first-order valence-corrected chi connectivity index (χ1v) is 11.7. The maximum Gasteiger partial charge on any atom is 0.309 e. The molecule has 0 atom stereocenters. The van der Waals surface area contributed by atoms with E-state index in [0.29, 0.717) is 55.5 Å². The zero-order valence-electron chi connectivity index (χ0n) is 19.2. The zero-order chi connectivity index (χ0) is 23.8. The number of piperidine rings is 1. The number of nitrogens with zero attached hydrogens (tertiary/aromatic N) is 4. The summed E-state index contributed by atoms with van der Waals surface area (Å²) in [5.41, 5.74) is 1.56. The van der Waals surface area contributed by atoms with Crippen molar-refractivity contribution in [1.29, 1.82) is 0 Å². The minimum absolute atomic E-state index is 0.00773. The molecule has 0 N–H and O–H groups in total. The average molecular weight is 473 g/mol. The van der Waals surface area contributed by atoms with Crippen molar-refractivity contribution in [2.24, 2.45) is 5.92 Å². The van der Waals surface area contributed by atoms with Crippen molar-refractivity contribution in [3.63, 3.8) is 0 Å². The molecule has 176 valence electrons. The zero-order valence-corrected chi connectivity index (χ0v) is 20.0. The quantitative estimate of drug-likeness (QED) is 0.624. The van der Waals surface area contributed by atoms with Gasteiger partial charge in [-0.05, 0) is 51.8 Å². The van der Waals surface area contributed by atoms with E-state index in [0.717, 1.165) is 5.56 Å². The largest absolute Gasteiger partial charge is 0.466 e. The fourth-order valence-corrected chi connectivity index (χ4v) is 4.67. The summed E-state index contributed by atoms with van der Waals surface area (Å²) in [5, 5.41) is 5.32. The number of likely N-dealkylation sites (tertiary alicyclic amines) is 1. The minimum atomic E-state index is -0.467. The number of rotatable bonds is 5. The second-order valence-corrected chi connectivity index (χ2v) is 9.65. The van der Waals surface area contributed by atoms with E-state index in [-0.39, 0.29) is 30.2 Å². The van der Waals surface area contributed by atoms with Crippen molar-refractivity contribution in [2.45, 2.75) is 39.2 Å². The Balaban J connectivity index is 1.46. The topological polar surface area (TPSA) is 84.7 Å². The Labute approximate surface area is 198 Å². The number of hydrogen-bond donors (Lipinski definition) is 0. The summed E-state index contributed by atoms with van der Waals surface area (Å²) in [7, 11) is 0. The number of carbonyl (C=O) groups is 3. The number of benzene rings is 1. The molecule has 8 nitrogen and oxygen atoms in total. The third-order valence-corrected chi connectivity index (χ3v) is 6.55. The second-order valence-electron chi connectivity index (χ2n) is 9.21. The van der Waals surface area contributed by atoms with Gasteiger partial charge in [0.1, 0.15) is 12.2 Å². The highest BCUT2D eigenvalue weighted by Gasteiger charge is 2.39. The number of halogens is 1. The Morgan fingerprint density at radius 3 is 2.48 bits per heavy atom. The van der Waals surface area contributed by atoms with Gasteiger partial charge in [-0.1, -0.05) is 23.7 Å². The van der Waals surface area contributed by atoms with Crippen LogP contribution in [0.1, 0.15) is 44.1 Å². The maximum atomic E-state index is 13.2. The molecule has 0 aliphatic carbocycles. The molecule has 1 aromatic carbocycles. The lowest BCUT2D eigenvalue weighted by atomic mass is 9.97. The van der Waals surface area contributed by atoms with E-state index in [1.807, 2.05) is 26.0 Å². The highest BCUT2D eigenvalue weighted by atomic mass is 35.5. The van der Waals surface area contributed by atoms with Crippen molar-refractivity contribution >= 4 is 29.4 Å². The smallest absolute Gasteiger partial charge is 0.309 e. The van der Waals surface area contributed by atoms with Gasteiger partial charge in [0.25, 0.3) is 5.91 Å². The van der Waals surface area contributed by atoms with Crippen LogP contribution < -0.4 is 0 Å². The van der Waals surface area contributed by atoms with Crippen LogP contribution in [0.25, 0.3) is 11.3 Å². The molecule has 1 aromatic heterocycles. The normalized spacial score (nSPS) is 18.2. The lowest BCUT2D eigenvalue weighted by Gasteiger charge is -2.39. The number of hydrogen-bond acceptors (Lipinski definition) is 5. The highest BCUT2D eigenvalue weighted by Crippen LogP contribution is 2.30. The lowest BCUT2D eigenvalue weighted by Crippen LogP contribution is -2.54. The van der Waals surface area contributed by atoms with Gasteiger partial charge in [-0.25, -0.2) is 0 Å². The number of fused-ring (bicyclic) bond motifs is 1. The molecule has 0 spiro atoms. The Kier molecular flexibility index (Phi) is 6.47. The fourth-order valence-electron chi connectivity index (χ4n) is 4.54. The molecular formula is C24H29ClN4O4. The number of aromatic nitrogens is 2. The summed E-state index contributed by atoms with van der Waals surface area (Å²) in [6.45, 7) is 7.53. The predicted octanol–water partition coefficient (Wildman–Crippen LogP) is 3.20. The Hall–Kier alpha value is -2.87. The molecule has 0 saturated carbocycles. The summed E-state index contributed by atoms with van der Waals surface area (Å²) < 4.78 is 6.85. The van der Waals surface area contributed by atoms with Crippen molar-refractivity contribution in [2.75, 3.05) is 32.8 Å². The van der Waals surface area contributed by atoms with Crippen LogP contribution >= 0.6 is 11.6 Å². The molecule has 0 bridgehead atoms. The van der Waals surface area contributed by atoms with E-state index in [2.05, 4.69) is 5.10 Å². The molecule has 2 aliphatic rings. The van der Waals surface area contributed by atoms with Gasteiger partial charge in [-0.15, -0.1) is 0 Å². The van der Waals surface area contributed by atoms with Crippen LogP contribution in [0.5, 0.6) is 0 Å². The monoisotopic (exact) mass is 472 g/mol. The molecule has 0 unspecified atom stereocenters. The molecule has 2 aromatic rings. The van der Waals surface area contributed by atoms with Gasteiger partial charge in [-0.3, -0.25) is 19.1 Å². The van der Waals surface area contributed by atoms with Crippen molar-refractivity contribution < 1.29 is 19.1 Å². The van der Waals surface area contributed by atoms with E-state index < -0.39 is 5.54 Å². The molecule has 1 saturated heterocycles. The predicted molar refractivity (Wildman–Crippen MR) is 124 cm³/mol. The number of esters is 1. The third-order valence-electron chi connectivity index (χ3n) is 6.30. The van der Waals surface area contributed by atoms with E-state index in [4.69, 9.17) is 16.3 Å². The molecule has 2 amide bonds. The van der Waals surface area contributed by atoms with Crippen LogP contribution in [0.4, 0.5) is 0 Å². The standard InChI is InChI=1S/C24H29ClN4O4/c1-4-33-23(32)17-9-11-27(12-10-17)21(30)14-28-15-24(2,3)29-20(22(28)31)13-19(26-29)16-5-7-18(25)8-6-16/h5-8,13,17H,4,9-12,14-15H2,1-3H3.